The minimum Gasteiger partial charge on any atom is -0.488 e. The molecule has 2 aliphatic rings. The molecule has 0 aliphatic carbocycles. The average molecular weight is 323 g/mol. The third-order valence-electron chi connectivity index (χ3n) is 4.54. The van der Waals surface area contributed by atoms with E-state index in [0.717, 1.165) is 29.7 Å². The monoisotopic (exact) mass is 323 g/mol. The van der Waals surface area contributed by atoms with Gasteiger partial charge in [0.25, 0.3) is 5.91 Å². The first-order chi connectivity index (χ1) is 11.4. The Morgan fingerprint density at radius 1 is 1.21 bits per heavy atom. The highest BCUT2D eigenvalue weighted by molar-refractivity contribution is 6.34. The Morgan fingerprint density at radius 3 is 2.88 bits per heavy atom. The third kappa shape index (κ3) is 2.58. The summed E-state index contributed by atoms with van der Waals surface area (Å²) in [4.78, 5) is 12.2. The van der Waals surface area contributed by atoms with Gasteiger partial charge in [0.15, 0.2) is 0 Å². The highest BCUT2D eigenvalue weighted by Crippen LogP contribution is 2.36. The van der Waals surface area contributed by atoms with Crippen molar-refractivity contribution < 1.29 is 13.9 Å². The van der Waals surface area contributed by atoms with Gasteiger partial charge in [0, 0.05) is 16.8 Å². The summed E-state index contributed by atoms with van der Waals surface area (Å²) in [5.41, 5.74) is 3.66. The van der Waals surface area contributed by atoms with Crippen LogP contribution in [-0.4, -0.2) is 11.5 Å². The predicted molar refractivity (Wildman–Crippen MR) is 92.4 cm³/mol. The van der Waals surface area contributed by atoms with Gasteiger partial charge in [-0.05, 0) is 74.2 Å². The molecule has 2 aliphatic heterocycles. The van der Waals surface area contributed by atoms with Crippen molar-refractivity contribution in [2.45, 2.75) is 32.3 Å². The van der Waals surface area contributed by atoms with Crippen LogP contribution in [0.5, 0.6) is 5.75 Å². The number of nitrogens with one attached hydrogen (secondary N) is 1. The Kier molecular flexibility index (Phi) is 3.23. The van der Waals surface area contributed by atoms with E-state index < -0.39 is 0 Å². The minimum absolute atomic E-state index is 0.144. The highest BCUT2D eigenvalue weighted by Gasteiger charge is 2.27. The summed E-state index contributed by atoms with van der Waals surface area (Å²) in [7, 11) is 0. The number of ether oxygens (including phenoxy) is 1. The molecule has 122 valence electrons. The second kappa shape index (κ2) is 5.20. The van der Waals surface area contributed by atoms with Crippen LogP contribution in [0, 0.1) is 5.82 Å². The second-order valence-corrected chi connectivity index (χ2v) is 6.93. The molecule has 0 aromatic heterocycles. The van der Waals surface area contributed by atoms with E-state index in [-0.39, 0.29) is 17.3 Å². The summed E-state index contributed by atoms with van der Waals surface area (Å²) in [5.74, 6) is 0.346. The van der Waals surface area contributed by atoms with Crippen molar-refractivity contribution in [3.05, 3.63) is 58.9 Å². The first-order valence-corrected chi connectivity index (χ1v) is 8.06. The predicted octanol–water partition coefficient (Wildman–Crippen LogP) is 4.42. The maximum atomic E-state index is 13.5. The molecule has 0 unspecified atom stereocenters. The molecular formula is C20H18FNO2. The molecule has 2 aromatic rings. The van der Waals surface area contributed by atoms with Gasteiger partial charge in [-0.25, -0.2) is 4.39 Å². The van der Waals surface area contributed by atoms with Crippen LogP contribution in [0.2, 0.25) is 0 Å². The van der Waals surface area contributed by atoms with Gasteiger partial charge >= 0.3 is 0 Å². The van der Waals surface area contributed by atoms with Crippen LogP contribution in [0.1, 0.15) is 37.0 Å². The normalized spacial score (nSPS) is 19.5. The van der Waals surface area contributed by atoms with Crippen molar-refractivity contribution in [2.24, 2.45) is 0 Å². The zero-order valence-electron chi connectivity index (χ0n) is 13.7. The van der Waals surface area contributed by atoms with Gasteiger partial charge in [-0.3, -0.25) is 4.79 Å². The van der Waals surface area contributed by atoms with Gasteiger partial charge in [0.1, 0.15) is 17.2 Å². The molecule has 2 aromatic carbocycles. The molecule has 0 saturated carbocycles. The number of carbonyl (C=O) groups excluding carboxylic acids is 1. The number of fused-ring (bicyclic) bond motifs is 2. The van der Waals surface area contributed by atoms with Crippen molar-refractivity contribution in [1.29, 1.82) is 0 Å². The van der Waals surface area contributed by atoms with Gasteiger partial charge < -0.3 is 10.1 Å². The lowest BCUT2D eigenvalue weighted by Gasteiger charge is -2.32. The molecule has 1 amide bonds. The van der Waals surface area contributed by atoms with E-state index in [2.05, 4.69) is 19.2 Å². The van der Waals surface area contributed by atoms with Crippen LogP contribution >= 0.6 is 0 Å². The van der Waals surface area contributed by atoms with Crippen molar-refractivity contribution in [3.8, 4) is 5.75 Å². The fourth-order valence-corrected chi connectivity index (χ4v) is 3.24. The number of hydrogen-bond acceptors (Lipinski definition) is 2. The van der Waals surface area contributed by atoms with E-state index >= 15 is 0 Å². The number of anilines is 1. The van der Waals surface area contributed by atoms with Gasteiger partial charge in [0.05, 0.1) is 0 Å². The molecule has 1 N–H and O–H groups in total. The van der Waals surface area contributed by atoms with Gasteiger partial charge in [0.2, 0.25) is 0 Å². The Hall–Kier alpha value is -2.62. The maximum absolute atomic E-state index is 13.5. The quantitative estimate of drug-likeness (QED) is 0.789. The van der Waals surface area contributed by atoms with Gasteiger partial charge in [-0.2, -0.15) is 0 Å². The summed E-state index contributed by atoms with van der Waals surface area (Å²) in [6.07, 6.45) is 3.70. The van der Waals surface area contributed by atoms with Crippen LogP contribution in [0.15, 0.2) is 36.4 Å². The molecule has 0 radical (unpaired) electrons. The lowest BCUT2D eigenvalue weighted by Crippen LogP contribution is -2.32. The summed E-state index contributed by atoms with van der Waals surface area (Å²) in [6, 6.07) is 10.2. The number of hydrogen-bond donors (Lipinski definition) is 1. The second-order valence-electron chi connectivity index (χ2n) is 6.93. The molecule has 4 rings (SSSR count). The van der Waals surface area contributed by atoms with Crippen molar-refractivity contribution in [3.63, 3.8) is 0 Å². The first-order valence-electron chi connectivity index (χ1n) is 8.06. The third-order valence-corrected chi connectivity index (χ3v) is 4.54. The molecule has 0 atom stereocenters. The Morgan fingerprint density at radius 2 is 2.04 bits per heavy atom. The number of aryl methyl sites for hydroxylation is 1. The maximum Gasteiger partial charge on any atom is 0.256 e. The van der Waals surface area contributed by atoms with Crippen molar-refractivity contribution in [2.75, 3.05) is 5.32 Å². The molecule has 0 spiro atoms. The zero-order chi connectivity index (χ0) is 16.9. The van der Waals surface area contributed by atoms with Gasteiger partial charge in [-0.15, -0.1) is 0 Å². The lowest BCUT2D eigenvalue weighted by molar-refractivity contribution is -0.110. The lowest BCUT2D eigenvalue weighted by atomic mass is 9.93. The topological polar surface area (TPSA) is 38.3 Å². The van der Waals surface area contributed by atoms with E-state index in [9.17, 15) is 9.18 Å². The molecule has 0 fully saturated rings. The molecule has 24 heavy (non-hydrogen) atoms. The number of rotatable bonds is 1. The molecule has 2 heterocycles. The Labute approximate surface area is 140 Å². The van der Waals surface area contributed by atoms with Crippen molar-refractivity contribution in [1.82, 2.24) is 0 Å². The van der Waals surface area contributed by atoms with E-state index in [1.54, 1.807) is 12.1 Å². The molecule has 3 nitrogen and oxygen atoms in total. The standard InChI is InChI=1S/C20H18FNO2/c1-20(2)8-7-13-9-12(3-6-18(13)24-20)10-16-15-11-14(21)4-5-17(15)22-19(16)23/h3-6,9-11H,7-8H2,1-2H3,(H,22,23). The molecule has 0 saturated heterocycles. The van der Waals surface area contributed by atoms with E-state index in [1.807, 2.05) is 18.2 Å². The van der Waals surface area contributed by atoms with E-state index in [1.165, 1.54) is 12.1 Å². The largest absolute Gasteiger partial charge is 0.488 e. The smallest absolute Gasteiger partial charge is 0.256 e. The van der Waals surface area contributed by atoms with Crippen LogP contribution < -0.4 is 10.1 Å². The average Bonchev–Trinajstić information content (AvgIpc) is 2.82. The van der Waals surface area contributed by atoms with Crippen LogP contribution in [0.25, 0.3) is 11.6 Å². The fraction of sp³-hybridized carbons (Fsp3) is 0.250. The molecule has 0 bridgehead atoms. The number of carbonyl (C=O) groups is 1. The first kappa shape index (κ1) is 14.9. The highest BCUT2D eigenvalue weighted by atomic mass is 19.1. The number of amides is 1. The summed E-state index contributed by atoms with van der Waals surface area (Å²) < 4.78 is 19.5. The summed E-state index contributed by atoms with van der Waals surface area (Å²) in [6.45, 7) is 4.17. The van der Waals surface area contributed by atoms with Gasteiger partial charge in [-0.1, -0.05) is 6.07 Å². The van der Waals surface area contributed by atoms with Crippen LogP contribution in [-0.2, 0) is 11.2 Å². The summed E-state index contributed by atoms with van der Waals surface area (Å²) >= 11 is 0. The molecule has 4 heteroatoms. The number of benzene rings is 2. The fourth-order valence-electron chi connectivity index (χ4n) is 3.24. The Balaban J connectivity index is 1.73. The number of halogens is 1. The van der Waals surface area contributed by atoms with Crippen LogP contribution in [0.4, 0.5) is 10.1 Å². The zero-order valence-corrected chi connectivity index (χ0v) is 13.7. The van der Waals surface area contributed by atoms with E-state index in [4.69, 9.17) is 4.74 Å². The minimum atomic E-state index is -0.350. The van der Waals surface area contributed by atoms with E-state index in [0.29, 0.717) is 16.8 Å². The van der Waals surface area contributed by atoms with Crippen LogP contribution in [0.3, 0.4) is 0 Å². The molecular weight excluding hydrogens is 305 g/mol. The van der Waals surface area contributed by atoms with Crippen molar-refractivity contribution >= 4 is 23.2 Å². The summed E-state index contributed by atoms with van der Waals surface area (Å²) in [5, 5.41) is 2.77. The Bertz CT molecular complexity index is 883. The SMILES string of the molecule is CC1(C)CCc2cc(C=C3C(=O)Nc4ccc(F)cc43)ccc2O1.